The quantitative estimate of drug-likeness (QED) is 0.780. The number of piperazine rings is 1. The molecule has 0 bridgehead atoms. The molecule has 1 saturated heterocycles. The maximum atomic E-state index is 12.2. The van der Waals surface area contributed by atoms with E-state index in [1.165, 1.54) is 0 Å². The second-order valence-electron chi connectivity index (χ2n) is 6.10. The molecule has 2 amide bonds. The molecule has 3 atom stereocenters. The van der Waals surface area contributed by atoms with Crippen LogP contribution in [0.1, 0.15) is 32.1 Å². The van der Waals surface area contributed by atoms with Crippen LogP contribution in [0.15, 0.2) is 18.2 Å². The van der Waals surface area contributed by atoms with Crippen LogP contribution in [-0.2, 0) is 9.59 Å². The van der Waals surface area contributed by atoms with Gasteiger partial charge in [-0.25, -0.2) is 0 Å². The zero-order valence-corrected chi connectivity index (χ0v) is 14.1. The molecule has 0 radical (unpaired) electrons. The Bertz CT molecular complexity index is 623. The van der Waals surface area contributed by atoms with Crippen LogP contribution in [0.5, 0.6) is 0 Å². The van der Waals surface area contributed by atoms with Gasteiger partial charge in [0, 0.05) is 17.1 Å². The Morgan fingerprint density at radius 1 is 1.22 bits per heavy atom. The molecule has 2 aliphatic rings. The first-order chi connectivity index (χ1) is 11.0. The van der Waals surface area contributed by atoms with Gasteiger partial charge in [-0.2, -0.15) is 0 Å². The summed E-state index contributed by atoms with van der Waals surface area (Å²) in [4.78, 5) is 24.4. The fraction of sp³-hybridized carbons (Fsp3) is 0.500. The zero-order valence-electron chi connectivity index (χ0n) is 12.6. The number of amides is 2. The monoisotopic (exact) mass is 355 g/mol. The van der Waals surface area contributed by atoms with Crippen molar-refractivity contribution in [1.82, 2.24) is 10.6 Å². The van der Waals surface area contributed by atoms with E-state index in [1.807, 2.05) is 0 Å². The van der Waals surface area contributed by atoms with Crippen molar-refractivity contribution in [2.45, 2.75) is 50.2 Å². The number of benzene rings is 1. The lowest BCUT2D eigenvalue weighted by atomic mass is 9.87. The van der Waals surface area contributed by atoms with Crippen molar-refractivity contribution in [3.8, 4) is 0 Å². The minimum absolute atomic E-state index is 0.0674. The maximum absolute atomic E-state index is 12.2. The molecule has 1 heterocycles. The molecule has 5 nitrogen and oxygen atoms in total. The van der Waals surface area contributed by atoms with Crippen molar-refractivity contribution < 1.29 is 9.59 Å². The molecule has 3 rings (SSSR count). The summed E-state index contributed by atoms with van der Waals surface area (Å²) in [5.41, 5.74) is 0.455. The largest absolute Gasteiger partial charge is 0.350 e. The number of carbonyl (C=O) groups excluding carboxylic acids is 2. The zero-order chi connectivity index (χ0) is 16.4. The van der Waals surface area contributed by atoms with E-state index in [1.54, 1.807) is 18.2 Å². The van der Waals surface area contributed by atoms with Crippen molar-refractivity contribution in [3.05, 3.63) is 28.2 Å². The minimum Gasteiger partial charge on any atom is -0.350 e. The lowest BCUT2D eigenvalue weighted by Crippen LogP contribution is -2.65. The van der Waals surface area contributed by atoms with Gasteiger partial charge in [0.2, 0.25) is 11.8 Å². The molecule has 1 aliphatic carbocycles. The number of anilines is 1. The number of rotatable bonds is 3. The van der Waals surface area contributed by atoms with Gasteiger partial charge < -0.3 is 16.0 Å². The van der Waals surface area contributed by atoms with Gasteiger partial charge in [0.25, 0.3) is 0 Å². The Hall–Kier alpha value is -1.30. The standard InChI is InChI=1S/C16H19Cl2N3O2/c17-9-5-6-10(18)13(7-9)20-15(22)8-14-16(23)21-12-4-2-1-3-11(12)19-14/h5-7,11-12,14,19H,1-4,8H2,(H,20,22)(H,21,23)/t11-,12-,14+/m0/s1. The highest BCUT2D eigenvalue weighted by atomic mass is 35.5. The smallest absolute Gasteiger partial charge is 0.237 e. The Morgan fingerprint density at radius 3 is 2.74 bits per heavy atom. The third-order valence-corrected chi connectivity index (χ3v) is 4.98. The molecule has 0 spiro atoms. The number of halogens is 2. The first-order valence-electron chi connectivity index (χ1n) is 7.84. The maximum Gasteiger partial charge on any atom is 0.237 e. The average Bonchev–Trinajstić information content (AvgIpc) is 2.51. The van der Waals surface area contributed by atoms with Crippen molar-refractivity contribution in [3.63, 3.8) is 0 Å². The first-order valence-corrected chi connectivity index (χ1v) is 8.60. The Labute approximate surface area is 145 Å². The van der Waals surface area contributed by atoms with Crippen LogP contribution in [0.4, 0.5) is 5.69 Å². The Morgan fingerprint density at radius 2 is 1.96 bits per heavy atom. The summed E-state index contributed by atoms with van der Waals surface area (Å²) in [5, 5.41) is 9.96. The summed E-state index contributed by atoms with van der Waals surface area (Å²) in [6.45, 7) is 0. The van der Waals surface area contributed by atoms with Crippen LogP contribution in [0, 0.1) is 0 Å². The molecular formula is C16H19Cl2N3O2. The third kappa shape index (κ3) is 3.97. The second kappa shape index (κ2) is 7.07. The molecule has 23 heavy (non-hydrogen) atoms. The topological polar surface area (TPSA) is 70.2 Å². The number of fused-ring (bicyclic) bond motifs is 1. The Balaban J connectivity index is 1.61. The van der Waals surface area contributed by atoms with Crippen LogP contribution >= 0.6 is 23.2 Å². The lowest BCUT2D eigenvalue weighted by Gasteiger charge is -2.40. The van der Waals surface area contributed by atoms with Gasteiger partial charge in [-0.15, -0.1) is 0 Å². The number of nitrogens with one attached hydrogen (secondary N) is 3. The van der Waals surface area contributed by atoms with Crippen LogP contribution < -0.4 is 16.0 Å². The summed E-state index contributed by atoms with van der Waals surface area (Å²) in [5.74, 6) is -0.378. The molecule has 1 saturated carbocycles. The fourth-order valence-corrected chi connectivity index (χ4v) is 3.59. The summed E-state index contributed by atoms with van der Waals surface area (Å²) in [6.07, 6.45) is 4.39. The molecule has 124 valence electrons. The minimum atomic E-state index is -0.507. The van der Waals surface area contributed by atoms with Gasteiger partial charge in [0.15, 0.2) is 0 Å². The van der Waals surface area contributed by atoms with E-state index in [0.29, 0.717) is 15.7 Å². The highest BCUT2D eigenvalue weighted by Gasteiger charge is 2.36. The van der Waals surface area contributed by atoms with Crippen molar-refractivity contribution in [1.29, 1.82) is 0 Å². The average molecular weight is 356 g/mol. The van der Waals surface area contributed by atoms with Gasteiger partial charge >= 0.3 is 0 Å². The summed E-state index contributed by atoms with van der Waals surface area (Å²) in [6, 6.07) is 4.81. The van der Waals surface area contributed by atoms with Crippen LogP contribution in [0.25, 0.3) is 0 Å². The molecular weight excluding hydrogens is 337 g/mol. The first kappa shape index (κ1) is 16.6. The van der Waals surface area contributed by atoms with Crippen molar-refractivity contribution in [2.24, 2.45) is 0 Å². The lowest BCUT2D eigenvalue weighted by molar-refractivity contribution is -0.129. The summed E-state index contributed by atoms with van der Waals surface area (Å²) < 4.78 is 0. The van der Waals surface area contributed by atoms with Crippen LogP contribution in [0.2, 0.25) is 10.0 Å². The summed E-state index contributed by atoms with van der Waals surface area (Å²) in [7, 11) is 0. The predicted molar refractivity (Wildman–Crippen MR) is 90.8 cm³/mol. The highest BCUT2D eigenvalue weighted by Crippen LogP contribution is 2.26. The van der Waals surface area contributed by atoms with Gasteiger partial charge in [-0.1, -0.05) is 36.0 Å². The van der Waals surface area contributed by atoms with E-state index in [2.05, 4.69) is 16.0 Å². The highest BCUT2D eigenvalue weighted by molar-refractivity contribution is 6.35. The molecule has 1 aliphatic heterocycles. The normalized spacial score (nSPS) is 27.0. The third-order valence-electron chi connectivity index (χ3n) is 4.42. The number of carbonyl (C=O) groups is 2. The molecule has 2 fully saturated rings. The van der Waals surface area contributed by atoms with Gasteiger partial charge in [-0.3, -0.25) is 9.59 Å². The van der Waals surface area contributed by atoms with Crippen molar-refractivity contribution in [2.75, 3.05) is 5.32 Å². The molecule has 3 N–H and O–H groups in total. The van der Waals surface area contributed by atoms with E-state index in [9.17, 15) is 9.59 Å². The van der Waals surface area contributed by atoms with Crippen LogP contribution in [-0.4, -0.2) is 29.9 Å². The fourth-order valence-electron chi connectivity index (χ4n) is 3.25. The molecule has 0 unspecified atom stereocenters. The van der Waals surface area contributed by atoms with E-state index >= 15 is 0 Å². The second-order valence-corrected chi connectivity index (χ2v) is 6.95. The van der Waals surface area contributed by atoms with E-state index in [0.717, 1.165) is 25.7 Å². The summed E-state index contributed by atoms with van der Waals surface area (Å²) >= 11 is 11.9. The van der Waals surface area contributed by atoms with Gasteiger partial charge in [0.1, 0.15) is 0 Å². The van der Waals surface area contributed by atoms with Gasteiger partial charge in [0.05, 0.1) is 23.2 Å². The van der Waals surface area contributed by atoms with E-state index in [-0.39, 0.29) is 30.3 Å². The predicted octanol–water partition coefficient (Wildman–Crippen LogP) is 2.72. The van der Waals surface area contributed by atoms with Gasteiger partial charge in [-0.05, 0) is 31.0 Å². The van der Waals surface area contributed by atoms with E-state index in [4.69, 9.17) is 23.2 Å². The SMILES string of the molecule is O=C(C[C@H]1N[C@H]2CCCC[C@@H]2NC1=O)Nc1cc(Cl)ccc1Cl. The molecule has 1 aromatic carbocycles. The van der Waals surface area contributed by atoms with E-state index < -0.39 is 6.04 Å². The molecule has 0 aromatic heterocycles. The number of hydrogen-bond acceptors (Lipinski definition) is 3. The Kier molecular flexibility index (Phi) is 5.09. The van der Waals surface area contributed by atoms with Crippen LogP contribution in [0.3, 0.4) is 0 Å². The number of hydrogen-bond donors (Lipinski definition) is 3. The molecule has 7 heteroatoms. The molecule has 1 aromatic rings. The van der Waals surface area contributed by atoms with Crippen molar-refractivity contribution >= 4 is 40.7 Å².